The molecular formula is C20H18FN3O3. The molecule has 0 aliphatic carbocycles. The number of rotatable bonds is 6. The summed E-state index contributed by atoms with van der Waals surface area (Å²) in [4.78, 5) is 4.36. The van der Waals surface area contributed by atoms with Gasteiger partial charge in [0.1, 0.15) is 23.5 Å². The maximum Gasteiger partial charge on any atom is 0.151 e. The van der Waals surface area contributed by atoms with Gasteiger partial charge < -0.3 is 20.3 Å². The van der Waals surface area contributed by atoms with E-state index in [1.807, 2.05) is 0 Å². The molecule has 0 saturated heterocycles. The van der Waals surface area contributed by atoms with Gasteiger partial charge in [-0.05, 0) is 41.3 Å². The van der Waals surface area contributed by atoms with Gasteiger partial charge in [-0.2, -0.15) is 5.26 Å². The molecule has 0 amide bonds. The molecule has 3 aromatic rings. The van der Waals surface area contributed by atoms with Crippen molar-refractivity contribution in [3.05, 3.63) is 54.0 Å². The Bertz CT molecular complexity index is 1010. The van der Waals surface area contributed by atoms with Gasteiger partial charge in [-0.25, -0.2) is 9.37 Å². The first-order chi connectivity index (χ1) is 13.1. The lowest BCUT2D eigenvalue weighted by Gasteiger charge is -2.18. The summed E-state index contributed by atoms with van der Waals surface area (Å²) in [6.07, 6.45) is 0. The second-order valence-electron chi connectivity index (χ2n) is 5.92. The lowest BCUT2D eigenvalue weighted by atomic mass is 9.96. The molecule has 138 valence electrons. The number of aliphatic hydroxyl groups is 2. The molecule has 27 heavy (non-hydrogen) atoms. The van der Waals surface area contributed by atoms with E-state index in [9.17, 15) is 19.9 Å². The first kappa shape index (κ1) is 18.6. The lowest BCUT2D eigenvalue weighted by molar-refractivity contribution is 0.203. The molecule has 0 radical (unpaired) electrons. The molecule has 7 heteroatoms. The Morgan fingerprint density at radius 1 is 1.19 bits per heavy atom. The van der Waals surface area contributed by atoms with Crippen molar-refractivity contribution in [2.45, 2.75) is 6.04 Å². The summed E-state index contributed by atoms with van der Waals surface area (Å²) >= 11 is 0. The van der Waals surface area contributed by atoms with Gasteiger partial charge in [0.2, 0.25) is 0 Å². The highest BCUT2D eigenvalue weighted by molar-refractivity contribution is 6.04. The van der Waals surface area contributed by atoms with Crippen LogP contribution in [0, 0.1) is 17.1 Å². The van der Waals surface area contributed by atoms with Crippen LogP contribution in [-0.2, 0) is 0 Å². The Kier molecular flexibility index (Phi) is 5.50. The van der Waals surface area contributed by atoms with Crippen molar-refractivity contribution < 1.29 is 19.3 Å². The van der Waals surface area contributed by atoms with Crippen molar-refractivity contribution in [1.29, 1.82) is 5.26 Å². The number of nitrogens with zero attached hydrogens (tertiary/aromatic N) is 2. The van der Waals surface area contributed by atoms with E-state index in [0.717, 1.165) is 0 Å². The summed E-state index contributed by atoms with van der Waals surface area (Å²) in [6, 6.07) is 12.6. The summed E-state index contributed by atoms with van der Waals surface area (Å²) in [5.74, 6) is 0.495. The van der Waals surface area contributed by atoms with E-state index in [0.29, 0.717) is 33.5 Å². The van der Waals surface area contributed by atoms with Crippen LogP contribution in [-0.4, -0.2) is 41.6 Å². The molecule has 3 N–H and O–H groups in total. The third kappa shape index (κ3) is 3.67. The number of anilines is 1. The molecule has 2 aromatic carbocycles. The molecule has 0 atom stereocenters. The van der Waals surface area contributed by atoms with Crippen LogP contribution in [0.1, 0.15) is 5.69 Å². The van der Waals surface area contributed by atoms with E-state index in [4.69, 9.17) is 4.74 Å². The minimum Gasteiger partial charge on any atom is -0.497 e. The molecule has 0 saturated carbocycles. The molecule has 0 fully saturated rings. The quantitative estimate of drug-likeness (QED) is 0.620. The largest absolute Gasteiger partial charge is 0.497 e. The number of halogens is 1. The Labute approximate surface area is 155 Å². The number of aliphatic hydroxyl groups excluding tert-OH is 2. The van der Waals surface area contributed by atoms with E-state index in [1.54, 1.807) is 30.3 Å². The molecule has 1 heterocycles. The van der Waals surface area contributed by atoms with Crippen molar-refractivity contribution in [2.24, 2.45) is 0 Å². The average Bonchev–Trinajstić information content (AvgIpc) is 2.70. The van der Waals surface area contributed by atoms with Gasteiger partial charge in [0.25, 0.3) is 0 Å². The zero-order valence-electron chi connectivity index (χ0n) is 14.6. The summed E-state index contributed by atoms with van der Waals surface area (Å²) in [7, 11) is 1.53. The average molecular weight is 367 g/mol. The highest BCUT2D eigenvalue weighted by atomic mass is 19.1. The monoisotopic (exact) mass is 367 g/mol. The standard InChI is InChI=1S/C20H18FN3O3/c1-27-15-5-6-16-17(8-15)19(12-3-2-4-13(21)7-12)18(9-22)24-20(16)23-14(10-25)11-26/h2-8,14,25-26H,10-11H2,1H3,(H,23,24). The lowest BCUT2D eigenvalue weighted by Crippen LogP contribution is -2.28. The number of benzene rings is 2. The number of fused-ring (bicyclic) bond motifs is 1. The summed E-state index contributed by atoms with van der Waals surface area (Å²) in [5.41, 5.74) is 1.10. The maximum atomic E-state index is 13.8. The van der Waals surface area contributed by atoms with Gasteiger partial charge in [0.05, 0.1) is 26.4 Å². The van der Waals surface area contributed by atoms with Crippen molar-refractivity contribution in [2.75, 3.05) is 25.6 Å². The molecular weight excluding hydrogens is 349 g/mol. The maximum absolute atomic E-state index is 13.8. The van der Waals surface area contributed by atoms with Gasteiger partial charge in [-0.3, -0.25) is 0 Å². The van der Waals surface area contributed by atoms with Crippen molar-refractivity contribution >= 4 is 16.6 Å². The predicted octanol–water partition coefficient (Wildman–Crippen LogP) is 2.69. The summed E-state index contributed by atoms with van der Waals surface area (Å²) in [5, 5.41) is 32.6. The van der Waals surface area contributed by atoms with E-state index >= 15 is 0 Å². The number of methoxy groups -OCH3 is 1. The zero-order chi connectivity index (χ0) is 19.4. The molecule has 0 aliphatic heterocycles. The highest BCUT2D eigenvalue weighted by Gasteiger charge is 2.18. The Hall–Kier alpha value is -3.21. The minimum absolute atomic E-state index is 0.0958. The van der Waals surface area contributed by atoms with Gasteiger partial charge >= 0.3 is 0 Å². The van der Waals surface area contributed by atoms with E-state index in [1.165, 1.54) is 19.2 Å². The Morgan fingerprint density at radius 3 is 2.59 bits per heavy atom. The zero-order valence-corrected chi connectivity index (χ0v) is 14.6. The SMILES string of the molecule is COc1ccc2c(NC(CO)CO)nc(C#N)c(-c3cccc(F)c3)c2c1. The second-order valence-corrected chi connectivity index (χ2v) is 5.92. The normalized spacial score (nSPS) is 10.8. The predicted molar refractivity (Wildman–Crippen MR) is 100.0 cm³/mol. The van der Waals surface area contributed by atoms with Crippen LogP contribution in [0.25, 0.3) is 21.9 Å². The smallest absolute Gasteiger partial charge is 0.151 e. The van der Waals surface area contributed by atoms with Gasteiger partial charge in [-0.15, -0.1) is 0 Å². The van der Waals surface area contributed by atoms with Gasteiger partial charge in [-0.1, -0.05) is 12.1 Å². The third-order valence-electron chi connectivity index (χ3n) is 4.21. The topological polar surface area (TPSA) is 98.4 Å². The van der Waals surface area contributed by atoms with Crippen molar-refractivity contribution in [3.8, 4) is 22.9 Å². The van der Waals surface area contributed by atoms with Crippen LogP contribution in [0.3, 0.4) is 0 Å². The molecule has 0 aliphatic rings. The van der Waals surface area contributed by atoms with Gasteiger partial charge in [0, 0.05) is 10.9 Å². The number of pyridine rings is 1. The van der Waals surface area contributed by atoms with Gasteiger partial charge in [0.15, 0.2) is 5.69 Å². The number of aromatic nitrogens is 1. The Balaban J connectivity index is 2.33. The number of ether oxygens (including phenoxy) is 1. The number of nitrogens with one attached hydrogen (secondary N) is 1. The van der Waals surface area contributed by atoms with Crippen LogP contribution >= 0.6 is 0 Å². The van der Waals surface area contributed by atoms with Crippen LogP contribution in [0.15, 0.2) is 42.5 Å². The third-order valence-corrected chi connectivity index (χ3v) is 4.21. The van der Waals surface area contributed by atoms with E-state index in [-0.39, 0.29) is 18.9 Å². The van der Waals surface area contributed by atoms with Crippen molar-refractivity contribution in [3.63, 3.8) is 0 Å². The number of nitriles is 1. The number of hydrogen-bond acceptors (Lipinski definition) is 6. The van der Waals surface area contributed by atoms with E-state index < -0.39 is 11.9 Å². The molecule has 1 aromatic heterocycles. The minimum atomic E-state index is -0.630. The van der Waals surface area contributed by atoms with Crippen LogP contribution in [0.4, 0.5) is 10.2 Å². The fourth-order valence-electron chi connectivity index (χ4n) is 2.89. The fourth-order valence-corrected chi connectivity index (χ4v) is 2.89. The fraction of sp³-hybridized carbons (Fsp3) is 0.200. The molecule has 3 rings (SSSR count). The Morgan fingerprint density at radius 2 is 1.96 bits per heavy atom. The second kappa shape index (κ2) is 7.99. The summed E-state index contributed by atoms with van der Waals surface area (Å²) in [6.45, 7) is -0.604. The molecule has 0 unspecified atom stereocenters. The van der Waals surface area contributed by atoms with Crippen LogP contribution in [0.5, 0.6) is 5.75 Å². The van der Waals surface area contributed by atoms with Crippen LogP contribution < -0.4 is 10.1 Å². The summed E-state index contributed by atoms with van der Waals surface area (Å²) < 4.78 is 19.1. The van der Waals surface area contributed by atoms with E-state index in [2.05, 4.69) is 16.4 Å². The van der Waals surface area contributed by atoms with Crippen molar-refractivity contribution in [1.82, 2.24) is 4.98 Å². The first-order valence-corrected chi connectivity index (χ1v) is 8.27. The molecule has 0 spiro atoms. The molecule has 0 bridgehead atoms. The number of hydrogen-bond donors (Lipinski definition) is 3. The highest BCUT2D eigenvalue weighted by Crippen LogP contribution is 2.37. The van der Waals surface area contributed by atoms with Crippen LogP contribution in [0.2, 0.25) is 0 Å². The molecule has 6 nitrogen and oxygen atoms in total. The first-order valence-electron chi connectivity index (χ1n) is 8.27.